The van der Waals surface area contributed by atoms with E-state index in [1.54, 1.807) is 6.08 Å². The summed E-state index contributed by atoms with van der Waals surface area (Å²) in [6, 6.07) is 0. The zero-order valence-corrected chi connectivity index (χ0v) is 8.39. The molecule has 2 unspecified atom stereocenters. The third kappa shape index (κ3) is 2.94. The number of hydrogen-bond acceptors (Lipinski definition) is 3. The van der Waals surface area contributed by atoms with Crippen LogP contribution in [0.25, 0.3) is 0 Å². The second kappa shape index (κ2) is 5.34. The first-order valence-electron chi connectivity index (χ1n) is 4.82. The van der Waals surface area contributed by atoms with Gasteiger partial charge in [0.15, 0.2) is 0 Å². The molecule has 1 aliphatic carbocycles. The molecule has 0 aromatic rings. The molecule has 0 saturated heterocycles. The first-order chi connectivity index (χ1) is 7.16. The van der Waals surface area contributed by atoms with Crippen molar-refractivity contribution in [3.63, 3.8) is 0 Å². The van der Waals surface area contributed by atoms with Crippen molar-refractivity contribution in [3.05, 3.63) is 24.8 Å². The highest BCUT2D eigenvalue weighted by molar-refractivity contribution is 5.81. The molecular formula is C11H14O4. The van der Waals surface area contributed by atoms with E-state index < -0.39 is 23.8 Å². The Morgan fingerprint density at radius 1 is 1.40 bits per heavy atom. The van der Waals surface area contributed by atoms with E-state index in [9.17, 15) is 9.59 Å². The predicted molar refractivity (Wildman–Crippen MR) is 54.1 cm³/mol. The lowest BCUT2D eigenvalue weighted by Crippen LogP contribution is -2.32. The minimum absolute atomic E-state index is 0.130. The highest BCUT2D eigenvalue weighted by Crippen LogP contribution is 2.26. The Labute approximate surface area is 88.2 Å². The molecule has 0 spiro atoms. The Morgan fingerprint density at radius 2 is 2.00 bits per heavy atom. The third-order valence-electron chi connectivity index (χ3n) is 2.40. The van der Waals surface area contributed by atoms with Crippen LogP contribution in [0, 0.1) is 11.8 Å². The molecule has 4 nitrogen and oxygen atoms in total. The van der Waals surface area contributed by atoms with Crippen LogP contribution in [0.4, 0.5) is 0 Å². The van der Waals surface area contributed by atoms with Crippen LogP contribution in [0.15, 0.2) is 24.8 Å². The number of aliphatic carboxylic acids is 1. The summed E-state index contributed by atoms with van der Waals surface area (Å²) in [4.78, 5) is 22.4. The van der Waals surface area contributed by atoms with E-state index in [1.807, 2.05) is 6.08 Å². The van der Waals surface area contributed by atoms with Crippen molar-refractivity contribution in [2.75, 3.05) is 6.61 Å². The van der Waals surface area contributed by atoms with Crippen molar-refractivity contribution < 1.29 is 19.4 Å². The molecule has 15 heavy (non-hydrogen) atoms. The first kappa shape index (κ1) is 11.5. The van der Waals surface area contributed by atoms with E-state index in [4.69, 9.17) is 9.84 Å². The van der Waals surface area contributed by atoms with Gasteiger partial charge in [-0.2, -0.15) is 0 Å². The second-order valence-electron chi connectivity index (χ2n) is 3.41. The van der Waals surface area contributed by atoms with Crippen LogP contribution >= 0.6 is 0 Å². The average molecular weight is 210 g/mol. The Balaban J connectivity index is 2.64. The summed E-state index contributed by atoms with van der Waals surface area (Å²) in [6.07, 6.45) is 5.90. The van der Waals surface area contributed by atoms with Gasteiger partial charge in [0, 0.05) is 0 Å². The molecule has 0 fully saturated rings. The number of carbonyl (C=O) groups is 2. The van der Waals surface area contributed by atoms with Gasteiger partial charge in [0.2, 0.25) is 0 Å². The topological polar surface area (TPSA) is 63.6 Å². The number of hydrogen-bond donors (Lipinski definition) is 1. The van der Waals surface area contributed by atoms with Crippen LogP contribution in [-0.4, -0.2) is 23.7 Å². The number of esters is 1. The van der Waals surface area contributed by atoms with Crippen molar-refractivity contribution in [1.29, 1.82) is 0 Å². The quantitative estimate of drug-likeness (QED) is 0.562. The molecule has 4 heteroatoms. The summed E-state index contributed by atoms with van der Waals surface area (Å²) in [5.41, 5.74) is 0. The van der Waals surface area contributed by atoms with Gasteiger partial charge in [-0.1, -0.05) is 24.8 Å². The van der Waals surface area contributed by atoms with Crippen LogP contribution in [0.3, 0.4) is 0 Å². The Bertz CT molecular complexity index is 293. The largest absolute Gasteiger partial charge is 0.481 e. The molecular weight excluding hydrogens is 196 g/mol. The molecule has 0 aromatic heterocycles. The lowest BCUT2D eigenvalue weighted by molar-refractivity contribution is -0.157. The Morgan fingerprint density at radius 3 is 2.53 bits per heavy atom. The minimum Gasteiger partial charge on any atom is -0.481 e. The maximum absolute atomic E-state index is 11.5. The number of carbonyl (C=O) groups excluding carboxylic acids is 1. The van der Waals surface area contributed by atoms with E-state index >= 15 is 0 Å². The van der Waals surface area contributed by atoms with Gasteiger partial charge < -0.3 is 9.84 Å². The van der Waals surface area contributed by atoms with E-state index in [0.29, 0.717) is 12.8 Å². The van der Waals surface area contributed by atoms with Crippen LogP contribution < -0.4 is 0 Å². The van der Waals surface area contributed by atoms with Gasteiger partial charge in [0.25, 0.3) is 0 Å². The number of allylic oxidation sites excluding steroid dienone is 2. The van der Waals surface area contributed by atoms with Gasteiger partial charge in [0.1, 0.15) is 6.61 Å². The normalized spacial score (nSPS) is 24.5. The van der Waals surface area contributed by atoms with Crippen molar-refractivity contribution >= 4 is 11.9 Å². The Hall–Kier alpha value is -1.58. The van der Waals surface area contributed by atoms with Crippen LogP contribution in [0.1, 0.15) is 12.8 Å². The summed E-state index contributed by atoms with van der Waals surface area (Å²) < 4.78 is 4.86. The summed E-state index contributed by atoms with van der Waals surface area (Å²) in [5.74, 6) is -2.62. The first-order valence-corrected chi connectivity index (χ1v) is 4.82. The van der Waals surface area contributed by atoms with Gasteiger partial charge in [-0.25, -0.2) is 0 Å². The van der Waals surface area contributed by atoms with E-state index in [-0.39, 0.29) is 6.61 Å². The highest BCUT2D eigenvalue weighted by atomic mass is 16.5. The maximum atomic E-state index is 11.5. The number of carboxylic acids is 1. The summed E-state index contributed by atoms with van der Waals surface area (Å²) in [7, 11) is 0. The molecule has 0 saturated carbocycles. The van der Waals surface area contributed by atoms with E-state index in [1.165, 1.54) is 6.08 Å². The molecule has 2 atom stereocenters. The summed E-state index contributed by atoms with van der Waals surface area (Å²) >= 11 is 0. The van der Waals surface area contributed by atoms with E-state index in [0.717, 1.165) is 0 Å². The van der Waals surface area contributed by atoms with Crippen molar-refractivity contribution in [1.82, 2.24) is 0 Å². The minimum atomic E-state index is -0.945. The van der Waals surface area contributed by atoms with Crippen molar-refractivity contribution in [2.24, 2.45) is 11.8 Å². The molecule has 0 amide bonds. The fraction of sp³-hybridized carbons (Fsp3) is 0.455. The van der Waals surface area contributed by atoms with Gasteiger partial charge in [-0.3, -0.25) is 9.59 Å². The fourth-order valence-electron chi connectivity index (χ4n) is 1.60. The van der Waals surface area contributed by atoms with Gasteiger partial charge >= 0.3 is 11.9 Å². The molecule has 0 radical (unpaired) electrons. The number of ether oxygens (including phenoxy) is 1. The summed E-state index contributed by atoms with van der Waals surface area (Å²) in [5, 5.41) is 8.92. The van der Waals surface area contributed by atoms with Gasteiger partial charge in [0.05, 0.1) is 11.8 Å². The van der Waals surface area contributed by atoms with Crippen LogP contribution in [0.5, 0.6) is 0 Å². The second-order valence-corrected chi connectivity index (χ2v) is 3.41. The van der Waals surface area contributed by atoms with E-state index in [2.05, 4.69) is 6.58 Å². The van der Waals surface area contributed by atoms with Crippen molar-refractivity contribution in [3.8, 4) is 0 Å². The molecule has 1 rings (SSSR count). The van der Waals surface area contributed by atoms with Gasteiger partial charge in [-0.05, 0) is 12.8 Å². The van der Waals surface area contributed by atoms with Crippen LogP contribution in [0.2, 0.25) is 0 Å². The number of rotatable bonds is 4. The molecule has 0 bridgehead atoms. The predicted octanol–water partition coefficient (Wildman–Crippen LogP) is 1.38. The fourth-order valence-corrected chi connectivity index (χ4v) is 1.60. The Kier molecular flexibility index (Phi) is 4.09. The molecule has 0 aliphatic heterocycles. The summed E-state index contributed by atoms with van der Waals surface area (Å²) in [6.45, 7) is 3.55. The van der Waals surface area contributed by atoms with Crippen LogP contribution in [-0.2, 0) is 14.3 Å². The van der Waals surface area contributed by atoms with Crippen molar-refractivity contribution in [2.45, 2.75) is 12.8 Å². The number of carboxylic acid groups (broad SMARTS) is 1. The monoisotopic (exact) mass is 210 g/mol. The molecule has 0 aromatic carbocycles. The third-order valence-corrected chi connectivity index (χ3v) is 2.40. The average Bonchev–Trinajstić information content (AvgIpc) is 2.25. The smallest absolute Gasteiger partial charge is 0.310 e. The lowest BCUT2D eigenvalue weighted by atomic mass is 9.83. The van der Waals surface area contributed by atoms with Gasteiger partial charge in [-0.15, -0.1) is 0 Å². The zero-order valence-electron chi connectivity index (χ0n) is 8.39. The molecule has 0 heterocycles. The zero-order chi connectivity index (χ0) is 11.3. The standard InChI is InChI=1S/C11H14O4/c1-2-7-15-11(14)9-6-4-3-5-8(9)10(12)13/h2-4,8-9H,1,5-7H2,(H,12,13). The lowest BCUT2D eigenvalue weighted by Gasteiger charge is -2.22. The molecule has 82 valence electrons. The SMILES string of the molecule is C=CCOC(=O)C1CC=CCC1C(=O)O. The molecule has 1 aliphatic rings. The highest BCUT2D eigenvalue weighted by Gasteiger charge is 2.34. The molecule has 1 N–H and O–H groups in total. The maximum Gasteiger partial charge on any atom is 0.310 e.